The van der Waals surface area contributed by atoms with Gasteiger partial charge in [-0.1, -0.05) is 12.1 Å². The van der Waals surface area contributed by atoms with Crippen LogP contribution < -0.4 is 14.8 Å². The van der Waals surface area contributed by atoms with Gasteiger partial charge in [-0.25, -0.2) is 23.1 Å². The number of rotatable bonds is 7. The molecule has 30 heavy (non-hydrogen) atoms. The minimum atomic E-state index is -3.84. The van der Waals surface area contributed by atoms with Gasteiger partial charge in [-0.05, 0) is 68.3 Å². The summed E-state index contributed by atoms with van der Waals surface area (Å²) in [6, 6.07) is 13.0. The number of hydrogen-bond acceptors (Lipinski definition) is 6. The summed E-state index contributed by atoms with van der Waals surface area (Å²) in [5, 5.41) is 2.72. The van der Waals surface area contributed by atoms with Crippen molar-refractivity contribution >= 4 is 27.6 Å². The monoisotopic (exact) mass is 426 g/mol. The molecular formula is C21H22N4O4S. The molecule has 0 aliphatic carbocycles. The van der Waals surface area contributed by atoms with Crippen molar-refractivity contribution in [3.63, 3.8) is 0 Å². The maximum absolute atomic E-state index is 12.5. The SMILES string of the molecule is Cc1cccc(O[C@H](C)C(=O)Nc2ccc(S(=O)(=O)Nc3ncccn3)cc2)c1C. The van der Waals surface area contributed by atoms with Gasteiger partial charge in [-0.3, -0.25) is 4.79 Å². The van der Waals surface area contributed by atoms with E-state index in [1.807, 2.05) is 32.0 Å². The van der Waals surface area contributed by atoms with Crippen LogP contribution in [-0.4, -0.2) is 30.4 Å². The van der Waals surface area contributed by atoms with Gasteiger partial charge in [0.05, 0.1) is 4.90 Å². The Morgan fingerprint density at radius 2 is 1.67 bits per heavy atom. The molecule has 2 aromatic carbocycles. The first-order chi connectivity index (χ1) is 14.3. The molecule has 0 saturated carbocycles. The lowest BCUT2D eigenvalue weighted by Gasteiger charge is -2.17. The van der Waals surface area contributed by atoms with Gasteiger partial charge in [-0.15, -0.1) is 0 Å². The average Bonchev–Trinajstić information content (AvgIpc) is 2.72. The fourth-order valence-electron chi connectivity index (χ4n) is 2.59. The molecule has 0 unspecified atom stereocenters. The van der Waals surface area contributed by atoms with E-state index in [9.17, 15) is 13.2 Å². The lowest BCUT2D eigenvalue weighted by Crippen LogP contribution is -2.30. The lowest BCUT2D eigenvalue weighted by atomic mass is 10.1. The zero-order valence-electron chi connectivity index (χ0n) is 16.8. The molecule has 3 aromatic rings. The van der Waals surface area contributed by atoms with E-state index in [1.165, 1.54) is 36.7 Å². The minimum Gasteiger partial charge on any atom is -0.481 e. The number of carbonyl (C=O) groups is 1. The molecule has 1 atom stereocenters. The first-order valence-corrected chi connectivity index (χ1v) is 10.7. The lowest BCUT2D eigenvalue weighted by molar-refractivity contribution is -0.122. The predicted molar refractivity (Wildman–Crippen MR) is 114 cm³/mol. The molecule has 1 heterocycles. The normalized spacial score (nSPS) is 12.1. The quantitative estimate of drug-likeness (QED) is 0.600. The Morgan fingerprint density at radius 1 is 1.00 bits per heavy atom. The smallest absolute Gasteiger partial charge is 0.265 e. The number of anilines is 2. The van der Waals surface area contributed by atoms with Crippen molar-refractivity contribution < 1.29 is 17.9 Å². The summed E-state index contributed by atoms with van der Waals surface area (Å²) in [4.78, 5) is 20.2. The predicted octanol–water partition coefficient (Wildman–Crippen LogP) is 3.30. The Labute approximate surface area is 175 Å². The summed E-state index contributed by atoms with van der Waals surface area (Å²) < 4.78 is 32.9. The van der Waals surface area contributed by atoms with Crippen molar-refractivity contribution in [1.82, 2.24) is 9.97 Å². The molecule has 8 nitrogen and oxygen atoms in total. The molecule has 3 rings (SSSR count). The van der Waals surface area contributed by atoms with Crippen molar-refractivity contribution in [3.05, 3.63) is 72.1 Å². The summed E-state index contributed by atoms with van der Waals surface area (Å²) in [7, 11) is -3.84. The van der Waals surface area contributed by atoms with Crippen LogP contribution in [0.1, 0.15) is 18.1 Å². The Bertz CT molecular complexity index is 1130. The van der Waals surface area contributed by atoms with Crippen molar-refractivity contribution in [1.29, 1.82) is 0 Å². The van der Waals surface area contributed by atoms with Crippen LogP contribution in [0.4, 0.5) is 11.6 Å². The first kappa shape index (κ1) is 21.3. The zero-order valence-corrected chi connectivity index (χ0v) is 17.6. The molecule has 9 heteroatoms. The van der Waals surface area contributed by atoms with Crippen molar-refractivity contribution in [2.24, 2.45) is 0 Å². The van der Waals surface area contributed by atoms with Crippen LogP contribution in [0.2, 0.25) is 0 Å². The van der Waals surface area contributed by atoms with Crippen molar-refractivity contribution in [2.75, 3.05) is 10.0 Å². The second-order valence-corrected chi connectivity index (χ2v) is 8.33. The van der Waals surface area contributed by atoms with Gasteiger partial charge in [0, 0.05) is 18.1 Å². The van der Waals surface area contributed by atoms with Crippen molar-refractivity contribution in [3.8, 4) is 5.75 Å². The zero-order chi connectivity index (χ0) is 21.7. The number of hydrogen-bond donors (Lipinski definition) is 2. The Hall–Kier alpha value is -3.46. The van der Waals surface area contributed by atoms with Crippen LogP contribution in [0.3, 0.4) is 0 Å². The van der Waals surface area contributed by atoms with Crippen LogP contribution in [-0.2, 0) is 14.8 Å². The van der Waals surface area contributed by atoms with E-state index in [0.29, 0.717) is 11.4 Å². The summed E-state index contributed by atoms with van der Waals surface area (Å²) in [5.41, 5.74) is 2.50. The average molecular weight is 426 g/mol. The van der Waals surface area contributed by atoms with Gasteiger partial charge in [-0.2, -0.15) is 0 Å². The molecule has 0 bridgehead atoms. The molecular weight excluding hydrogens is 404 g/mol. The highest BCUT2D eigenvalue weighted by molar-refractivity contribution is 7.92. The molecule has 0 radical (unpaired) electrons. The second-order valence-electron chi connectivity index (χ2n) is 6.65. The number of aromatic nitrogens is 2. The second kappa shape index (κ2) is 8.91. The van der Waals surface area contributed by atoms with Crippen LogP contribution in [0.15, 0.2) is 65.8 Å². The van der Waals surface area contributed by atoms with Gasteiger partial charge in [0.25, 0.3) is 15.9 Å². The molecule has 0 saturated heterocycles. The highest BCUT2D eigenvalue weighted by atomic mass is 32.2. The summed E-state index contributed by atoms with van der Waals surface area (Å²) in [6.45, 7) is 5.56. The Morgan fingerprint density at radius 3 is 2.33 bits per heavy atom. The number of nitrogens with one attached hydrogen (secondary N) is 2. The molecule has 0 aliphatic heterocycles. The number of nitrogens with zero attached hydrogens (tertiary/aromatic N) is 2. The summed E-state index contributed by atoms with van der Waals surface area (Å²) in [6.07, 6.45) is 2.14. The van der Waals surface area contributed by atoms with Gasteiger partial charge in [0.1, 0.15) is 5.75 Å². The number of carbonyl (C=O) groups excluding carboxylic acids is 1. The van der Waals surface area contributed by atoms with Crippen molar-refractivity contribution in [2.45, 2.75) is 31.8 Å². The van der Waals surface area contributed by atoms with Crippen LogP contribution in [0.25, 0.3) is 0 Å². The third-order valence-electron chi connectivity index (χ3n) is 4.45. The van der Waals surface area contributed by atoms with Gasteiger partial charge >= 0.3 is 0 Å². The molecule has 0 fully saturated rings. The maximum Gasteiger partial charge on any atom is 0.265 e. The third-order valence-corrected chi connectivity index (χ3v) is 5.80. The molecule has 2 N–H and O–H groups in total. The minimum absolute atomic E-state index is 0.0210. The van der Waals surface area contributed by atoms with E-state index in [1.54, 1.807) is 13.0 Å². The van der Waals surface area contributed by atoms with Gasteiger partial charge in [0.15, 0.2) is 6.10 Å². The van der Waals surface area contributed by atoms with Crippen LogP contribution in [0.5, 0.6) is 5.75 Å². The fraction of sp³-hybridized carbons (Fsp3) is 0.190. The van der Waals surface area contributed by atoms with E-state index < -0.39 is 16.1 Å². The third kappa shape index (κ3) is 5.12. The largest absolute Gasteiger partial charge is 0.481 e. The first-order valence-electron chi connectivity index (χ1n) is 9.20. The Balaban J connectivity index is 1.64. The highest BCUT2D eigenvalue weighted by Gasteiger charge is 2.18. The summed E-state index contributed by atoms with van der Waals surface area (Å²) >= 11 is 0. The standard InChI is InChI=1S/C21H22N4O4S/c1-14-6-4-7-19(15(14)2)29-16(3)20(26)24-17-8-10-18(11-9-17)30(27,28)25-21-22-12-5-13-23-21/h4-13,16H,1-3H3,(H,24,26)(H,22,23,25)/t16-/m1/s1. The van der Waals surface area contributed by atoms with E-state index in [-0.39, 0.29) is 16.8 Å². The molecule has 0 spiro atoms. The molecule has 0 aliphatic rings. The van der Waals surface area contributed by atoms with Crippen LogP contribution >= 0.6 is 0 Å². The van der Waals surface area contributed by atoms with E-state index in [2.05, 4.69) is 20.0 Å². The molecule has 1 aromatic heterocycles. The highest BCUT2D eigenvalue weighted by Crippen LogP contribution is 2.22. The topological polar surface area (TPSA) is 110 Å². The number of amides is 1. The fourth-order valence-corrected chi connectivity index (χ4v) is 3.55. The van der Waals surface area contributed by atoms with Gasteiger partial charge < -0.3 is 10.1 Å². The number of benzene rings is 2. The van der Waals surface area contributed by atoms with E-state index in [4.69, 9.17) is 4.74 Å². The van der Waals surface area contributed by atoms with Gasteiger partial charge in [0.2, 0.25) is 5.95 Å². The maximum atomic E-state index is 12.5. The Kier molecular flexibility index (Phi) is 6.31. The molecule has 156 valence electrons. The molecule has 1 amide bonds. The van der Waals surface area contributed by atoms with E-state index in [0.717, 1.165) is 11.1 Å². The van der Waals surface area contributed by atoms with Crippen LogP contribution in [0, 0.1) is 13.8 Å². The van der Waals surface area contributed by atoms with E-state index >= 15 is 0 Å². The number of aryl methyl sites for hydroxylation is 1. The number of ether oxygens (including phenoxy) is 1. The summed E-state index contributed by atoms with van der Waals surface area (Å²) in [5.74, 6) is 0.280. The number of sulfonamides is 1.